The van der Waals surface area contributed by atoms with Crippen molar-refractivity contribution in [2.24, 2.45) is 11.8 Å². The summed E-state index contributed by atoms with van der Waals surface area (Å²) in [4.78, 5) is 2.52. The Labute approximate surface area is 173 Å². The molecule has 2 aromatic heterocycles. The van der Waals surface area contributed by atoms with Gasteiger partial charge in [0.15, 0.2) is 0 Å². The summed E-state index contributed by atoms with van der Waals surface area (Å²) in [6.07, 6.45) is 5.86. The average molecular weight is 413 g/mol. The number of nitrogens with zero attached hydrogens (tertiary/aromatic N) is 3. The van der Waals surface area contributed by atoms with Gasteiger partial charge in [0.05, 0.1) is 23.2 Å². The summed E-state index contributed by atoms with van der Waals surface area (Å²) in [7, 11) is 0. The number of nitrogens with one attached hydrogen (secondary N) is 1. The van der Waals surface area contributed by atoms with E-state index in [1.54, 1.807) is 6.26 Å². The molecule has 150 valence electrons. The zero-order valence-electron chi connectivity index (χ0n) is 15.9. The van der Waals surface area contributed by atoms with E-state index in [0.29, 0.717) is 22.3 Å². The first-order valence-electron chi connectivity index (χ1n) is 9.93. The van der Waals surface area contributed by atoms with Crippen LogP contribution in [0.5, 0.6) is 0 Å². The van der Waals surface area contributed by atoms with Crippen molar-refractivity contribution in [2.75, 3.05) is 18.4 Å². The lowest BCUT2D eigenvalue weighted by Gasteiger charge is -2.19. The van der Waals surface area contributed by atoms with Gasteiger partial charge >= 0.3 is 0 Å². The fourth-order valence-corrected chi connectivity index (χ4v) is 4.96. The van der Waals surface area contributed by atoms with Crippen LogP contribution in [0.3, 0.4) is 0 Å². The van der Waals surface area contributed by atoms with Crippen LogP contribution in [-0.2, 0) is 6.54 Å². The van der Waals surface area contributed by atoms with Crippen LogP contribution in [0.4, 0.5) is 10.2 Å². The molecule has 29 heavy (non-hydrogen) atoms. The van der Waals surface area contributed by atoms with Crippen LogP contribution in [0.2, 0.25) is 5.02 Å². The second-order valence-electron chi connectivity index (χ2n) is 8.09. The van der Waals surface area contributed by atoms with Gasteiger partial charge in [-0.25, -0.2) is 4.39 Å². The molecule has 1 aliphatic heterocycles. The van der Waals surface area contributed by atoms with E-state index in [0.717, 1.165) is 50.1 Å². The largest absolute Gasteiger partial charge is 0.472 e. The maximum absolute atomic E-state index is 13.5. The van der Waals surface area contributed by atoms with Crippen LogP contribution in [-0.4, -0.2) is 34.2 Å². The SMILES string of the molecule is Fc1ccc(Cl)c(-c2ccc(NC3CC4CN(Cc5ccoc5)CC4C3)nn2)c1. The van der Waals surface area contributed by atoms with Gasteiger partial charge in [-0.2, -0.15) is 0 Å². The summed E-state index contributed by atoms with van der Waals surface area (Å²) in [6.45, 7) is 3.24. The molecule has 7 heteroatoms. The molecule has 5 rings (SSSR count). The van der Waals surface area contributed by atoms with Gasteiger partial charge in [-0.05, 0) is 61.1 Å². The molecule has 1 saturated heterocycles. The second-order valence-corrected chi connectivity index (χ2v) is 8.49. The molecule has 1 saturated carbocycles. The number of rotatable bonds is 5. The maximum Gasteiger partial charge on any atom is 0.148 e. The third kappa shape index (κ3) is 4.00. The van der Waals surface area contributed by atoms with E-state index >= 15 is 0 Å². The molecule has 1 aromatic carbocycles. The summed E-state index contributed by atoms with van der Waals surface area (Å²) in [5.41, 5.74) is 2.37. The van der Waals surface area contributed by atoms with Crippen LogP contribution in [0.1, 0.15) is 18.4 Å². The lowest BCUT2D eigenvalue weighted by Crippen LogP contribution is -2.25. The molecule has 0 radical (unpaired) electrons. The molecule has 2 fully saturated rings. The van der Waals surface area contributed by atoms with E-state index in [2.05, 4.69) is 20.4 Å². The van der Waals surface area contributed by atoms with Gasteiger partial charge in [-0.3, -0.25) is 4.90 Å². The molecule has 0 amide bonds. The minimum Gasteiger partial charge on any atom is -0.472 e. The highest BCUT2D eigenvalue weighted by Crippen LogP contribution is 2.39. The quantitative estimate of drug-likeness (QED) is 0.649. The highest BCUT2D eigenvalue weighted by Gasteiger charge is 2.40. The van der Waals surface area contributed by atoms with E-state index in [9.17, 15) is 4.39 Å². The van der Waals surface area contributed by atoms with Crippen molar-refractivity contribution in [3.05, 3.63) is 65.3 Å². The van der Waals surface area contributed by atoms with Crippen LogP contribution in [0.15, 0.2) is 53.3 Å². The molecule has 1 N–H and O–H groups in total. The molecule has 2 atom stereocenters. The number of hydrogen-bond acceptors (Lipinski definition) is 5. The Balaban J connectivity index is 1.18. The summed E-state index contributed by atoms with van der Waals surface area (Å²) >= 11 is 6.16. The Kier molecular flexibility index (Phi) is 4.97. The summed E-state index contributed by atoms with van der Waals surface area (Å²) < 4.78 is 18.7. The normalized spacial score (nSPS) is 24.0. The minimum absolute atomic E-state index is 0.340. The average Bonchev–Trinajstić information content (AvgIpc) is 3.42. The zero-order chi connectivity index (χ0) is 19.8. The number of aromatic nitrogens is 2. The minimum atomic E-state index is -0.340. The number of fused-ring (bicyclic) bond motifs is 1. The fourth-order valence-electron chi connectivity index (χ4n) is 4.74. The standard InChI is InChI=1S/C22H22ClFN4O/c23-20-2-1-17(24)9-19(20)21-3-4-22(27-26-21)25-18-7-15-11-28(12-16(15)8-18)10-14-5-6-29-13-14/h1-6,9,13,15-16,18H,7-8,10-12H2,(H,25,27). The van der Waals surface area contributed by atoms with E-state index in [4.69, 9.17) is 16.0 Å². The topological polar surface area (TPSA) is 54.2 Å². The van der Waals surface area contributed by atoms with Gasteiger partial charge in [0.1, 0.15) is 11.6 Å². The van der Waals surface area contributed by atoms with Crippen LogP contribution >= 0.6 is 11.6 Å². The van der Waals surface area contributed by atoms with E-state index in [-0.39, 0.29) is 5.82 Å². The Hall–Kier alpha value is -2.44. The molecule has 0 spiro atoms. The van der Waals surface area contributed by atoms with Crippen molar-refractivity contribution < 1.29 is 8.81 Å². The smallest absolute Gasteiger partial charge is 0.148 e. The highest BCUT2D eigenvalue weighted by atomic mass is 35.5. The Morgan fingerprint density at radius 1 is 1.10 bits per heavy atom. The first-order valence-corrected chi connectivity index (χ1v) is 10.3. The number of anilines is 1. The highest BCUT2D eigenvalue weighted by molar-refractivity contribution is 6.33. The van der Waals surface area contributed by atoms with Gasteiger partial charge in [-0.1, -0.05) is 11.6 Å². The van der Waals surface area contributed by atoms with Crippen molar-refractivity contribution in [3.8, 4) is 11.3 Å². The van der Waals surface area contributed by atoms with E-state index < -0.39 is 0 Å². The third-order valence-electron chi connectivity index (χ3n) is 6.03. The van der Waals surface area contributed by atoms with Crippen molar-refractivity contribution >= 4 is 17.4 Å². The van der Waals surface area contributed by atoms with E-state index in [1.807, 2.05) is 24.5 Å². The predicted octanol–water partition coefficient (Wildman–Crippen LogP) is 4.85. The van der Waals surface area contributed by atoms with Crippen LogP contribution in [0, 0.1) is 17.7 Å². The molecule has 1 aliphatic carbocycles. The molecule has 3 heterocycles. The van der Waals surface area contributed by atoms with Gasteiger partial charge in [0, 0.05) is 36.8 Å². The van der Waals surface area contributed by atoms with Crippen LogP contribution in [0.25, 0.3) is 11.3 Å². The van der Waals surface area contributed by atoms with E-state index in [1.165, 1.54) is 23.8 Å². The molecular formula is C22H22ClFN4O. The summed E-state index contributed by atoms with van der Waals surface area (Å²) in [5, 5.41) is 12.5. The monoisotopic (exact) mass is 412 g/mol. The second kappa shape index (κ2) is 7.76. The Morgan fingerprint density at radius 3 is 2.62 bits per heavy atom. The summed E-state index contributed by atoms with van der Waals surface area (Å²) in [5.74, 6) is 1.85. The Morgan fingerprint density at radius 2 is 1.93 bits per heavy atom. The molecule has 2 unspecified atom stereocenters. The van der Waals surface area contributed by atoms with Gasteiger partial charge < -0.3 is 9.73 Å². The molecule has 5 nitrogen and oxygen atoms in total. The molecule has 0 bridgehead atoms. The molecule has 3 aromatic rings. The lowest BCUT2D eigenvalue weighted by atomic mass is 10.0. The van der Waals surface area contributed by atoms with Gasteiger partial charge in [0.2, 0.25) is 0 Å². The number of halogens is 2. The van der Waals surface area contributed by atoms with Crippen molar-refractivity contribution in [1.29, 1.82) is 0 Å². The number of hydrogen-bond donors (Lipinski definition) is 1. The van der Waals surface area contributed by atoms with Crippen molar-refractivity contribution in [1.82, 2.24) is 15.1 Å². The first-order chi connectivity index (χ1) is 14.1. The zero-order valence-corrected chi connectivity index (χ0v) is 16.6. The number of furan rings is 1. The van der Waals surface area contributed by atoms with Gasteiger partial charge in [0.25, 0.3) is 0 Å². The fraction of sp³-hybridized carbons (Fsp3) is 0.364. The maximum atomic E-state index is 13.5. The van der Waals surface area contributed by atoms with Crippen LogP contribution < -0.4 is 5.32 Å². The lowest BCUT2D eigenvalue weighted by molar-refractivity contribution is 0.300. The third-order valence-corrected chi connectivity index (χ3v) is 6.36. The molecular weight excluding hydrogens is 391 g/mol. The number of benzene rings is 1. The first kappa shape index (κ1) is 18.6. The van der Waals surface area contributed by atoms with Gasteiger partial charge in [-0.15, -0.1) is 10.2 Å². The summed E-state index contributed by atoms with van der Waals surface area (Å²) in [6, 6.07) is 10.4. The number of likely N-dealkylation sites (tertiary alicyclic amines) is 1. The predicted molar refractivity (Wildman–Crippen MR) is 110 cm³/mol. The Bertz CT molecular complexity index is 965. The molecule has 2 aliphatic rings. The van der Waals surface area contributed by atoms with Crippen molar-refractivity contribution in [2.45, 2.75) is 25.4 Å². The van der Waals surface area contributed by atoms with Crippen molar-refractivity contribution in [3.63, 3.8) is 0 Å².